The van der Waals surface area contributed by atoms with E-state index in [-0.39, 0.29) is 0 Å². The van der Waals surface area contributed by atoms with Crippen molar-refractivity contribution < 1.29 is 23.1 Å². The third-order valence-electron chi connectivity index (χ3n) is 5.06. The maximum Gasteiger partial charge on any atom is 0.490 e. The van der Waals surface area contributed by atoms with Crippen LogP contribution in [0.5, 0.6) is 0 Å². The largest absolute Gasteiger partial charge is 0.490 e. The Kier molecular flexibility index (Phi) is 6.50. The van der Waals surface area contributed by atoms with Gasteiger partial charge in [0.05, 0.1) is 0 Å². The molecule has 10 heteroatoms. The number of carboxylic acids is 1. The lowest BCUT2D eigenvalue weighted by Crippen LogP contribution is -2.37. The summed E-state index contributed by atoms with van der Waals surface area (Å²) in [6.07, 6.45) is -1.40. The van der Waals surface area contributed by atoms with Crippen molar-refractivity contribution in [3.05, 3.63) is 41.4 Å². The molecule has 3 heterocycles. The zero-order valence-corrected chi connectivity index (χ0v) is 15.9. The standard InChI is InChI=1S/C16H20N4S.C2HF3O2/c1-2-4-13(5-3-1)6-9-19-10-7-15-14(19)8-11-20(15)16-18-17-12-21-16;3-2(4,5)1(6)7/h1-5,12,14-15H,6-11H2;(H,6,7)/t14-,15+;/m1./s1. The number of nitrogens with zero attached hydrogens (tertiary/aromatic N) is 4. The van der Waals surface area contributed by atoms with Crippen LogP contribution in [0.15, 0.2) is 35.8 Å². The number of halogens is 3. The summed E-state index contributed by atoms with van der Waals surface area (Å²) in [5.74, 6) is -2.76. The minimum atomic E-state index is -5.08. The molecule has 0 spiro atoms. The number of alkyl halides is 3. The summed E-state index contributed by atoms with van der Waals surface area (Å²) < 4.78 is 31.7. The first kappa shape index (κ1) is 20.5. The smallest absolute Gasteiger partial charge is 0.475 e. The van der Waals surface area contributed by atoms with Gasteiger partial charge in [0.25, 0.3) is 0 Å². The third-order valence-corrected chi connectivity index (χ3v) is 5.79. The normalized spacial score (nSPS) is 21.9. The molecule has 152 valence electrons. The first-order valence-electron chi connectivity index (χ1n) is 8.97. The molecule has 6 nitrogen and oxygen atoms in total. The second kappa shape index (κ2) is 8.87. The van der Waals surface area contributed by atoms with E-state index >= 15 is 0 Å². The van der Waals surface area contributed by atoms with E-state index in [0.717, 1.165) is 18.1 Å². The molecule has 0 bridgehead atoms. The summed E-state index contributed by atoms with van der Waals surface area (Å²) in [5.41, 5.74) is 3.28. The van der Waals surface area contributed by atoms with Gasteiger partial charge in [0.2, 0.25) is 5.13 Å². The summed E-state index contributed by atoms with van der Waals surface area (Å²) >= 11 is 1.67. The van der Waals surface area contributed by atoms with Crippen LogP contribution in [-0.2, 0) is 11.2 Å². The number of rotatable bonds is 4. The molecule has 0 radical (unpaired) electrons. The number of aliphatic carboxylic acids is 1. The van der Waals surface area contributed by atoms with Crippen molar-refractivity contribution in [3.63, 3.8) is 0 Å². The molecule has 0 unspecified atom stereocenters. The van der Waals surface area contributed by atoms with E-state index < -0.39 is 12.1 Å². The predicted molar refractivity (Wildman–Crippen MR) is 99.5 cm³/mol. The molecule has 2 saturated heterocycles. The van der Waals surface area contributed by atoms with E-state index in [1.807, 2.05) is 5.51 Å². The van der Waals surface area contributed by atoms with Crippen molar-refractivity contribution >= 4 is 22.4 Å². The third kappa shape index (κ3) is 4.99. The van der Waals surface area contributed by atoms with Crippen molar-refractivity contribution in [3.8, 4) is 0 Å². The monoisotopic (exact) mass is 414 g/mol. The highest BCUT2D eigenvalue weighted by Gasteiger charge is 2.43. The van der Waals surface area contributed by atoms with E-state index in [0.29, 0.717) is 12.1 Å². The molecule has 4 rings (SSSR count). The Balaban J connectivity index is 0.000000279. The van der Waals surface area contributed by atoms with E-state index in [4.69, 9.17) is 9.90 Å². The fourth-order valence-corrected chi connectivity index (χ4v) is 4.45. The van der Waals surface area contributed by atoms with Crippen molar-refractivity contribution in [2.75, 3.05) is 24.5 Å². The molecule has 0 aliphatic carbocycles. The highest BCUT2D eigenvalue weighted by Crippen LogP contribution is 2.35. The van der Waals surface area contributed by atoms with Gasteiger partial charge in [0, 0.05) is 31.7 Å². The molecular weight excluding hydrogens is 393 g/mol. The van der Waals surface area contributed by atoms with Crippen LogP contribution in [0.25, 0.3) is 0 Å². The number of aromatic nitrogens is 2. The van der Waals surface area contributed by atoms with Gasteiger partial charge in [-0.25, -0.2) is 4.79 Å². The Bertz CT molecular complexity index is 758. The Morgan fingerprint density at radius 1 is 1.18 bits per heavy atom. The van der Waals surface area contributed by atoms with E-state index in [9.17, 15) is 13.2 Å². The Morgan fingerprint density at radius 2 is 1.86 bits per heavy atom. The Hall–Kier alpha value is -2.20. The van der Waals surface area contributed by atoms with Crippen LogP contribution in [0, 0.1) is 0 Å². The highest BCUT2D eigenvalue weighted by atomic mass is 32.1. The summed E-state index contributed by atoms with van der Waals surface area (Å²) in [7, 11) is 0. The average molecular weight is 414 g/mol. The summed E-state index contributed by atoms with van der Waals surface area (Å²) in [6.45, 7) is 3.53. The molecular formula is C18H21F3N4O2S. The SMILES string of the molecule is O=C(O)C(F)(F)F.c1ccc(CCN2CC[C@H]3[C@H]2CCN3c2nncs2)cc1. The molecule has 2 aromatic rings. The molecule has 1 aromatic heterocycles. The van der Waals surface area contributed by atoms with Gasteiger partial charge < -0.3 is 10.0 Å². The molecule has 1 aromatic carbocycles. The molecule has 0 amide bonds. The number of hydrogen-bond acceptors (Lipinski definition) is 6. The molecule has 2 atom stereocenters. The maximum absolute atomic E-state index is 10.6. The minimum Gasteiger partial charge on any atom is -0.475 e. The minimum absolute atomic E-state index is 0.647. The van der Waals surface area contributed by atoms with Crippen LogP contribution < -0.4 is 4.90 Å². The van der Waals surface area contributed by atoms with Gasteiger partial charge in [-0.15, -0.1) is 10.2 Å². The molecule has 2 aliphatic heterocycles. The second-order valence-electron chi connectivity index (χ2n) is 6.70. The number of carboxylic acid groups (broad SMARTS) is 1. The quantitative estimate of drug-likeness (QED) is 0.829. The number of fused-ring (bicyclic) bond motifs is 1. The second-order valence-corrected chi connectivity index (χ2v) is 7.51. The fraction of sp³-hybridized carbons (Fsp3) is 0.500. The zero-order valence-electron chi connectivity index (χ0n) is 15.0. The zero-order chi connectivity index (χ0) is 20.1. The van der Waals surface area contributed by atoms with E-state index in [2.05, 4.69) is 50.3 Å². The highest BCUT2D eigenvalue weighted by molar-refractivity contribution is 7.13. The van der Waals surface area contributed by atoms with Gasteiger partial charge in [0.15, 0.2) is 0 Å². The van der Waals surface area contributed by atoms with Crippen molar-refractivity contribution in [1.29, 1.82) is 0 Å². The van der Waals surface area contributed by atoms with Gasteiger partial charge in [-0.05, 0) is 24.8 Å². The number of hydrogen-bond donors (Lipinski definition) is 1. The molecule has 1 N–H and O–H groups in total. The van der Waals surface area contributed by atoms with Crippen LogP contribution in [0.1, 0.15) is 18.4 Å². The summed E-state index contributed by atoms with van der Waals surface area (Å²) in [5, 5.41) is 16.5. The van der Waals surface area contributed by atoms with Gasteiger partial charge in [-0.1, -0.05) is 41.7 Å². The van der Waals surface area contributed by atoms with Crippen molar-refractivity contribution in [2.45, 2.75) is 37.5 Å². The van der Waals surface area contributed by atoms with Crippen LogP contribution in [0.4, 0.5) is 18.3 Å². The lowest BCUT2D eigenvalue weighted by molar-refractivity contribution is -0.192. The number of carbonyl (C=O) groups is 1. The van der Waals surface area contributed by atoms with Crippen LogP contribution in [0.3, 0.4) is 0 Å². The molecule has 0 saturated carbocycles. The van der Waals surface area contributed by atoms with Gasteiger partial charge in [-0.2, -0.15) is 13.2 Å². The Morgan fingerprint density at radius 3 is 2.46 bits per heavy atom. The number of likely N-dealkylation sites (tertiary alicyclic amines) is 1. The van der Waals surface area contributed by atoms with Gasteiger partial charge >= 0.3 is 12.1 Å². The number of benzene rings is 1. The van der Waals surface area contributed by atoms with E-state index in [1.54, 1.807) is 11.3 Å². The predicted octanol–water partition coefficient (Wildman–Crippen LogP) is 3.07. The van der Waals surface area contributed by atoms with Gasteiger partial charge in [0.1, 0.15) is 5.51 Å². The summed E-state index contributed by atoms with van der Waals surface area (Å²) in [6, 6.07) is 12.2. The fourth-order valence-electron chi connectivity index (χ4n) is 3.80. The number of anilines is 1. The molecule has 28 heavy (non-hydrogen) atoms. The topological polar surface area (TPSA) is 69.6 Å². The van der Waals surface area contributed by atoms with Crippen LogP contribution >= 0.6 is 11.3 Å². The average Bonchev–Trinajstić information content (AvgIpc) is 3.38. The van der Waals surface area contributed by atoms with Crippen molar-refractivity contribution in [1.82, 2.24) is 15.1 Å². The first-order valence-corrected chi connectivity index (χ1v) is 9.85. The summed E-state index contributed by atoms with van der Waals surface area (Å²) in [4.78, 5) is 14.1. The van der Waals surface area contributed by atoms with Crippen molar-refractivity contribution in [2.24, 2.45) is 0 Å². The maximum atomic E-state index is 10.6. The lowest BCUT2D eigenvalue weighted by Gasteiger charge is -2.25. The first-order chi connectivity index (χ1) is 13.4. The lowest BCUT2D eigenvalue weighted by atomic mass is 10.1. The van der Waals surface area contributed by atoms with E-state index in [1.165, 1.54) is 31.5 Å². The van der Waals surface area contributed by atoms with Crippen LogP contribution in [-0.4, -0.2) is 64.1 Å². The van der Waals surface area contributed by atoms with Gasteiger partial charge in [-0.3, -0.25) is 4.90 Å². The Labute approximate surface area is 164 Å². The molecule has 2 fully saturated rings. The molecule has 2 aliphatic rings. The van der Waals surface area contributed by atoms with Crippen LogP contribution in [0.2, 0.25) is 0 Å².